The fraction of sp³-hybridized carbons (Fsp3) is 0.154. The molecule has 0 saturated carbocycles. The van der Waals surface area contributed by atoms with Gasteiger partial charge in [-0.3, -0.25) is 4.98 Å². The fourth-order valence-corrected chi connectivity index (χ4v) is 1.80. The first-order valence-corrected chi connectivity index (χ1v) is 6.34. The van der Waals surface area contributed by atoms with Crippen LogP contribution in [0.3, 0.4) is 0 Å². The minimum Gasteiger partial charge on any atom is -0.370 e. The van der Waals surface area contributed by atoms with Gasteiger partial charge in [-0.25, -0.2) is 0 Å². The Balaban J connectivity index is 1.88. The zero-order valence-corrected chi connectivity index (χ0v) is 11.4. The van der Waals surface area contributed by atoms with Crippen LogP contribution in [0.15, 0.2) is 47.1 Å². The second kappa shape index (κ2) is 6.15. The number of hydrogen-bond donors (Lipinski definition) is 0. The Morgan fingerprint density at radius 2 is 1.94 bits per heavy atom. The molecular formula is C13H11BrClNO. The normalized spacial score (nSPS) is 10.5. The molecule has 2 nitrogen and oxygen atoms in total. The highest BCUT2D eigenvalue weighted by Gasteiger charge is 2.00. The van der Waals surface area contributed by atoms with E-state index >= 15 is 0 Å². The Labute approximate surface area is 114 Å². The van der Waals surface area contributed by atoms with Gasteiger partial charge < -0.3 is 4.74 Å². The zero-order valence-electron chi connectivity index (χ0n) is 9.07. The van der Waals surface area contributed by atoms with Gasteiger partial charge in [-0.05, 0) is 39.7 Å². The molecule has 0 fully saturated rings. The maximum Gasteiger partial charge on any atom is 0.0892 e. The average molecular weight is 313 g/mol. The van der Waals surface area contributed by atoms with Crippen molar-refractivity contribution in [2.75, 3.05) is 0 Å². The molecular weight excluding hydrogens is 302 g/mol. The lowest BCUT2D eigenvalue weighted by atomic mass is 10.2. The molecule has 0 N–H and O–H groups in total. The molecule has 1 aromatic heterocycles. The van der Waals surface area contributed by atoms with Crippen molar-refractivity contribution in [1.29, 1.82) is 0 Å². The van der Waals surface area contributed by atoms with Gasteiger partial charge in [0.25, 0.3) is 0 Å². The van der Waals surface area contributed by atoms with Gasteiger partial charge in [0.1, 0.15) is 0 Å². The summed E-state index contributed by atoms with van der Waals surface area (Å²) in [6.07, 6.45) is 1.76. The van der Waals surface area contributed by atoms with Crippen LogP contribution in [0.2, 0.25) is 5.02 Å². The average Bonchev–Trinajstić information content (AvgIpc) is 2.34. The Morgan fingerprint density at radius 3 is 2.65 bits per heavy atom. The summed E-state index contributed by atoms with van der Waals surface area (Å²) in [6.45, 7) is 0.982. The van der Waals surface area contributed by atoms with Crippen molar-refractivity contribution in [3.05, 3.63) is 63.3 Å². The third-order valence-electron chi connectivity index (χ3n) is 2.25. The molecule has 2 aromatic rings. The summed E-state index contributed by atoms with van der Waals surface area (Å²) < 4.78 is 6.53. The van der Waals surface area contributed by atoms with Gasteiger partial charge in [0.05, 0.1) is 18.9 Å². The SMILES string of the molecule is Clc1ccccc1COCc1ccc(Br)cn1. The molecule has 0 spiro atoms. The number of aromatic nitrogens is 1. The molecule has 1 aromatic carbocycles. The van der Waals surface area contributed by atoms with E-state index in [1.807, 2.05) is 36.4 Å². The minimum absolute atomic E-state index is 0.485. The molecule has 0 bridgehead atoms. The van der Waals surface area contributed by atoms with Crippen molar-refractivity contribution in [3.63, 3.8) is 0 Å². The molecule has 2 rings (SSSR count). The van der Waals surface area contributed by atoms with Crippen molar-refractivity contribution in [2.45, 2.75) is 13.2 Å². The van der Waals surface area contributed by atoms with E-state index in [2.05, 4.69) is 20.9 Å². The summed E-state index contributed by atoms with van der Waals surface area (Å²) in [6, 6.07) is 11.5. The first-order valence-electron chi connectivity index (χ1n) is 5.17. The lowest BCUT2D eigenvalue weighted by Crippen LogP contribution is -1.96. The second-order valence-electron chi connectivity index (χ2n) is 3.55. The molecule has 0 saturated heterocycles. The molecule has 1 heterocycles. The number of ether oxygens (including phenoxy) is 1. The Kier molecular flexibility index (Phi) is 4.54. The van der Waals surface area contributed by atoms with Crippen LogP contribution in [0, 0.1) is 0 Å². The number of nitrogens with zero attached hydrogens (tertiary/aromatic N) is 1. The highest BCUT2D eigenvalue weighted by molar-refractivity contribution is 9.10. The molecule has 0 aliphatic rings. The quantitative estimate of drug-likeness (QED) is 0.843. The van der Waals surface area contributed by atoms with Crippen LogP contribution in [-0.2, 0) is 18.0 Å². The number of rotatable bonds is 4. The van der Waals surface area contributed by atoms with E-state index in [1.54, 1.807) is 6.20 Å². The maximum absolute atomic E-state index is 6.02. The molecule has 88 valence electrons. The predicted molar refractivity (Wildman–Crippen MR) is 71.9 cm³/mol. The summed E-state index contributed by atoms with van der Waals surface area (Å²) in [4.78, 5) is 4.23. The van der Waals surface area contributed by atoms with Crippen LogP contribution >= 0.6 is 27.5 Å². The summed E-state index contributed by atoms with van der Waals surface area (Å²) in [5.74, 6) is 0. The third-order valence-corrected chi connectivity index (χ3v) is 3.09. The van der Waals surface area contributed by atoms with Crippen molar-refractivity contribution in [2.24, 2.45) is 0 Å². The van der Waals surface area contributed by atoms with Crippen LogP contribution in [0.4, 0.5) is 0 Å². The second-order valence-corrected chi connectivity index (χ2v) is 4.87. The van der Waals surface area contributed by atoms with E-state index in [9.17, 15) is 0 Å². The van der Waals surface area contributed by atoms with Crippen LogP contribution in [-0.4, -0.2) is 4.98 Å². The van der Waals surface area contributed by atoms with E-state index in [4.69, 9.17) is 16.3 Å². The van der Waals surface area contributed by atoms with Gasteiger partial charge in [0.2, 0.25) is 0 Å². The number of hydrogen-bond acceptors (Lipinski definition) is 2. The Morgan fingerprint density at radius 1 is 1.12 bits per heavy atom. The van der Waals surface area contributed by atoms with Gasteiger partial charge in [-0.15, -0.1) is 0 Å². The molecule has 0 aliphatic carbocycles. The van der Waals surface area contributed by atoms with Gasteiger partial charge >= 0.3 is 0 Å². The Bertz CT molecular complexity index is 487. The highest BCUT2D eigenvalue weighted by Crippen LogP contribution is 2.16. The van der Waals surface area contributed by atoms with Crippen LogP contribution in [0.5, 0.6) is 0 Å². The van der Waals surface area contributed by atoms with Gasteiger partial charge in [-0.1, -0.05) is 29.8 Å². The lowest BCUT2D eigenvalue weighted by Gasteiger charge is -2.05. The first kappa shape index (κ1) is 12.6. The molecule has 0 aliphatic heterocycles. The van der Waals surface area contributed by atoms with E-state index in [0.717, 1.165) is 20.8 Å². The summed E-state index contributed by atoms with van der Waals surface area (Å²) in [5.41, 5.74) is 1.89. The molecule has 17 heavy (non-hydrogen) atoms. The van der Waals surface area contributed by atoms with Crippen LogP contribution < -0.4 is 0 Å². The predicted octanol–water partition coefficient (Wildman–Crippen LogP) is 4.21. The third kappa shape index (κ3) is 3.80. The smallest absolute Gasteiger partial charge is 0.0892 e. The number of halogens is 2. The largest absolute Gasteiger partial charge is 0.370 e. The van der Waals surface area contributed by atoms with Crippen molar-refractivity contribution < 1.29 is 4.74 Å². The van der Waals surface area contributed by atoms with Crippen molar-refractivity contribution >= 4 is 27.5 Å². The van der Waals surface area contributed by atoms with Gasteiger partial charge in [-0.2, -0.15) is 0 Å². The highest BCUT2D eigenvalue weighted by atomic mass is 79.9. The molecule has 0 atom stereocenters. The summed E-state index contributed by atoms with van der Waals surface area (Å²) in [5, 5.41) is 0.733. The lowest BCUT2D eigenvalue weighted by molar-refractivity contribution is 0.104. The minimum atomic E-state index is 0.485. The van der Waals surface area contributed by atoms with Crippen LogP contribution in [0.25, 0.3) is 0 Å². The fourth-order valence-electron chi connectivity index (χ4n) is 1.37. The molecule has 0 unspecified atom stereocenters. The van der Waals surface area contributed by atoms with Crippen molar-refractivity contribution in [3.8, 4) is 0 Å². The monoisotopic (exact) mass is 311 g/mol. The van der Waals surface area contributed by atoms with E-state index in [-0.39, 0.29) is 0 Å². The zero-order chi connectivity index (χ0) is 12.1. The topological polar surface area (TPSA) is 22.1 Å². The first-order chi connectivity index (χ1) is 8.25. The molecule has 4 heteroatoms. The van der Waals surface area contributed by atoms with E-state index in [1.165, 1.54) is 0 Å². The molecule has 0 radical (unpaired) electrons. The summed E-state index contributed by atoms with van der Waals surface area (Å²) >= 11 is 9.36. The Hall–Kier alpha value is -0.900. The van der Waals surface area contributed by atoms with E-state index in [0.29, 0.717) is 13.2 Å². The number of pyridine rings is 1. The van der Waals surface area contributed by atoms with Gasteiger partial charge in [0.15, 0.2) is 0 Å². The molecule has 0 amide bonds. The summed E-state index contributed by atoms with van der Waals surface area (Å²) in [7, 11) is 0. The maximum atomic E-state index is 6.02. The number of benzene rings is 1. The van der Waals surface area contributed by atoms with E-state index < -0.39 is 0 Å². The van der Waals surface area contributed by atoms with Crippen molar-refractivity contribution in [1.82, 2.24) is 4.98 Å². The van der Waals surface area contributed by atoms with Gasteiger partial charge in [0, 0.05) is 15.7 Å². The van der Waals surface area contributed by atoms with Crippen LogP contribution in [0.1, 0.15) is 11.3 Å². The standard InChI is InChI=1S/C13H11BrClNO/c14-11-5-6-12(16-7-11)9-17-8-10-3-1-2-4-13(10)15/h1-7H,8-9H2.